The summed E-state index contributed by atoms with van der Waals surface area (Å²) < 4.78 is 5.86. The Balaban J connectivity index is 1.42. The summed E-state index contributed by atoms with van der Waals surface area (Å²) in [7, 11) is 0. The van der Waals surface area contributed by atoms with Crippen LogP contribution >= 0.6 is 11.3 Å². The largest absolute Gasteiger partial charge is 0.373 e. The lowest BCUT2D eigenvalue weighted by Gasteiger charge is -2.43. The molecule has 2 aliphatic heterocycles. The molecule has 3 rings (SSSR count). The van der Waals surface area contributed by atoms with Crippen LogP contribution in [0.2, 0.25) is 0 Å². The molecule has 0 spiro atoms. The van der Waals surface area contributed by atoms with E-state index in [0.29, 0.717) is 12.2 Å². The summed E-state index contributed by atoms with van der Waals surface area (Å²) in [6, 6.07) is 0.756. The van der Waals surface area contributed by atoms with Crippen molar-refractivity contribution in [2.24, 2.45) is 0 Å². The summed E-state index contributed by atoms with van der Waals surface area (Å²) in [4.78, 5) is 9.85. The first-order chi connectivity index (χ1) is 10.6. The molecule has 0 aromatic carbocycles. The molecule has 0 aliphatic carbocycles. The van der Waals surface area contributed by atoms with Crippen LogP contribution < -0.4 is 0 Å². The van der Waals surface area contributed by atoms with Crippen LogP contribution in [0.1, 0.15) is 37.4 Å². The van der Waals surface area contributed by atoms with Gasteiger partial charge in [0.15, 0.2) is 0 Å². The summed E-state index contributed by atoms with van der Waals surface area (Å²) in [6.07, 6.45) is 4.47. The second-order valence-electron chi connectivity index (χ2n) is 6.89. The Bertz CT molecular complexity index is 460. The molecule has 0 amide bonds. The number of likely N-dealkylation sites (tertiary alicyclic amines) is 1. The van der Waals surface area contributed by atoms with Crippen molar-refractivity contribution in [2.45, 2.75) is 58.3 Å². The zero-order chi connectivity index (χ0) is 15.5. The van der Waals surface area contributed by atoms with Crippen molar-refractivity contribution in [3.63, 3.8) is 0 Å². The SMILES string of the molecule is Cc1nc(CCN2CCC(N3C[C@@H](C)O[C@@H](C)C3)CC2)cs1. The van der Waals surface area contributed by atoms with E-state index in [2.05, 4.69) is 40.9 Å². The van der Waals surface area contributed by atoms with E-state index >= 15 is 0 Å². The average molecular weight is 324 g/mol. The van der Waals surface area contributed by atoms with Gasteiger partial charge >= 0.3 is 0 Å². The molecule has 2 atom stereocenters. The number of ether oxygens (including phenoxy) is 1. The van der Waals surface area contributed by atoms with Gasteiger partial charge in [-0.2, -0.15) is 0 Å². The fraction of sp³-hybridized carbons (Fsp3) is 0.824. The number of piperidine rings is 1. The van der Waals surface area contributed by atoms with E-state index in [1.165, 1.54) is 36.6 Å². The second-order valence-corrected chi connectivity index (χ2v) is 7.95. The maximum absolute atomic E-state index is 5.86. The van der Waals surface area contributed by atoms with Crippen LogP contribution in [0, 0.1) is 6.92 Å². The summed E-state index contributed by atoms with van der Waals surface area (Å²) in [5.74, 6) is 0. The van der Waals surface area contributed by atoms with Crippen LogP contribution in [0.4, 0.5) is 0 Å². The lowest BCUT2D eigenvalue weighted by atomic mass is 10.0. The third kappa shape index (κ3) is 4.28. The van der Waals surface area contributed by atoms with Gasteiger partial charge in [-0.3, -0.25) is 4.90 Å². The Morgan fingerprint density at radius 1 is 1.23 bits per heavy atom. The van der Waals surface area contributed by atoms with Crippen molar-refractivity contribution in [3.05, 3.63) is 16.1 Å². The average Bonchev–Trinajstić information content (AvgIpc) is 2.90. The lowest BCUT2D eigenvalue weighted by molar-refractivity contribution is -0.0863. The first-order valence-electron chi connectivity index (χ1n) is 8.63. The molecule has 2 saturated heterocycles. The Morgan fingerprint density at radius 2 is 1.91 bits per heavy atom. The molecule has 0 saturated carbocycles. The Hall–Kier alpha value is -0.490. The number of rotatable bonds is 4. The predicted octanol–water partition coefficient (Wildman–Crippen LogP) is 2.57. The monoisotopic (exact) mass is 323 g/mol. The molecule has 22 heavy (non-hydrogen) atoms. The minimum Gasteiger partial charge on any atom is -0.373 e. The highest BCUT2D eigenvalue weighted by Gasteiger charge is 2.30. The van der Waals surface area contributed by atoms with Gasteiger partial charge in [0.05, 0.1) is 22.9 Å². The molecule has 124 valence electrons. The third-order valence-electron chi connectivity index (χ3n) is 4.87. The molecule has 2 fully saturated rings. The maximum atomic E-state index is 5.86. The first-order valence-corrected chi connectivity index (χ1v) is 9.51. The standard InChI is InChI=1S/C17H29N3OS/c1-13-10-20(11-14(2)21-13)17-5-8-19(9-6-17)7-4-16-12-22-15(3)18-16/h12-14,17H,4-11H2,1-3H3/t13-,14+. The molecular weight excluding hydrogens is 294 g/mol. The number of aromatic nitrogens is 1. The molecule has 4 nitrogen and oxygen atoms in total. The molecule has 0 N–H and O–H groups in total. The summed E-state index contributed by atoms with van der Waals surface area (Å²) in [5.41, 5.74) is 1.26. The zero-order valence-corrected chi connectivity index (χ0v) is 14.9. The summed E-state index contributed by atoms with van der Waals surface area (Å²) in [5, 5.41) is 3.39. The topological polar surface area (TPSA) is 28.6 Å². The number of hydrogen-bond donors (Lipinski definition) is 0. The molecule has 5 heteroatoms. The van der Waals surface area contributed by atoms with Gasteiger partial charge in [-0.15, -0.1) is 11.3 Å². The number of nitrogens with zero attached hydrogens (tertiary/aromatic N) is 3. The predicted molar refractivity (Wildman–Crippen MR) is 91.6 cm³/mol. The van der Waals surface area contributed by atoms with Crippen molar-refractivity contribution in [1.29, 1.82) is 0 Å². The molecule has 0 unspecified atom stereocenters. The minimum atomic E-state index is 0.384. The smallest absolute Gasteiger partial charge is 0.0897 e. The number of thiazole rings is 1. The van der Waals surface area contributed by atoms with E-state index < -0.39 is 0 Å². The summed E-state index contributed by atoms with van der Waals surface area (Å²) >= 11 is 1.76. The van der Waals surface area contributed by atoms with Crippen LogP contribution in [-0.2, 0) is 11.2 Å². The van der Waals surface area contributed by atoms with Crippen molar-refractivity contribution >= 4 is 11.3 Å². The molecule has 2 aliphatic rings. The number of morpholine rings is 1. The van der Waals surface area contributed by atoms with Crippen LogP contribution in [0.15, 0.2) is 5.38 Å². The van der Waals surface area contributed by atoms with E-state index in [9.17, 15) is 0 Å². The van der Waals surface area contributed by atoms with Gasteiger partial charge in [-0.05, 0) is 46.7 Å². The van der Waals surface area contributed by atoms with Gasteiger partial charge in [0.25, 0.3) is 0 Å². The van der Waals surface area contributed by atoms with E-state index in [-0.39, 0.29) is 0 Å². The molecular formula is C17H29N3OS. The van der Waals surface area contributed by atoms with Gasteiger partial charge < -0.3 is 9.64 Å². The molecule has 0 radical (unpaired) electrons. The third-order valence-corrected chi connectivity index (χ3v) is 5.69. The van der Waals surface area contributed by atoms with Crippen LogP contribution in [0.25, 0.3) is 0 Å². The van der Waals surface area contributed by atoms with Gasteiger partial charge in [0.1, 0.15) is 0 Å². The van der Waals surface area contributed by atoms with Crippen LogP contribution in [0.5, 0.6) is 0 Å². The highest BCUT2D eigenvalue weighted by atomic mass is 32.1. The summed E-state index contributed by atoms with van der Waals surface area (Å²) in [6.45, 7) is 12.3. The Morgan fingerprint density at radius 3 is 2.50 bits per heavy atom. The van der Waals surface area contributed by atoms with Crippen molar-refractivity contribution < 1.29 is 4.74 Å². The maximum Gasteiger partial charge on any atom is 0.0897 e. The van der Waals surface area contributed by atoms with Crippen molar-refractivity contribution in [3.8, 4) is 0 Å². The first kappa shape index (κ1) is 16.4. The van der Waals surface area contributed by atoms with Gasteiger partial charge in [-0.25, -0.2) is 4.98 Å². The second kappa shape index (κ2) is 7.39. The van der Waals surface area contributed by atoms with E-state index in [1.54, 1.807) is 11.3 Å². The Kier molecular flexibility index (Phi) is 5.50. The minimum absolute atomic E-state index is 0.384. The Labute approximate surface area is 138 Å². The highest BCUT2D eigenvalue weighted by molar-refractivity contribution is 7.09. The van der Waals surface area contributed by atoms with Gasteiger partial charge in [-0.1, -0.05) is 0 Å². The van der Waals surface area contributed by atoms with Gasteiger partial charge in [0.2, 0.25) is 0 Å². The van der Waals surface area contributed by atoms with Gasteiger partial charge in [0, 0.05) is 37.5 Å². The molecule has 0 bridgehead atoms. The fourth-order valence-electron chi connectivity index (χ4n) is 3.82. The van der Waals surface area contributed by atoms with Crippen molar-refractivity contribution in [1.82, 2.24) is 14.8 Å². The quantitative estimate of drug-likeness (QED) is 0.851. The van der Waals surface area contributed by atoms with E-state index in [0.717, 1.165) is 32.1 Å². The number of hydrogen-bond acceptors (Lipinski definition) is 5. The molecule has 3 heterocycles. The normalized spacial score (nSPS) is 29.0. The highest BCUT2D eigenvalue weighted by Crippen LogP contribution is 2.21. The molecule has 1 aromatic heterocycles. The zero-order valence-electron chi connectivity index (χ0n) is 14.1. The fourth-order valence-corrected chi connectivity index (χ4v) is 4.47. The van der Waals surface area contributed by atoms with Crippen LogP contribution in [0.3, 0.4) is 0 Å². The van der Waals surface area contributed by atoms with E-state index in [1.807, 2.05) is 0 Å². The van der Waals surface area contributed by atoms with E-state index in [4.69, 9.17) is 4.74 Å². The number of aryl methyl sites for hydroxylation is 1. The lowest BCUT2D eigenvalue weighted by Crippen LogP contribution is -2.53. The molecule has 1 aromatic rings. The van der Waals surface area contributed by atoms with Crippen molar-refractivity contribution in [2.75, 3.05) is 32.7 Å². The van der Waals surface area contributed by atoms with Crippen LogP contribution in [-0.4, -0.2) is 65.8 Å².